The van der Waals surface area contributed by atoms with E-state index in [0.29, 0.717) is 17.8 Å². The maximum absolute atomic E-state index is 13.8. The molecule has 2 aromatic rings. The summed E-state index contributed by atoms with van der Waals surface area (Å²) in [6.45, 7) is 6.09. The van der Waals surface area contributed by atoms with E-state index in [1.54, 1.807) is 4.90 Å². The zero-order chi connectivity index (χ0) is 19.4. The van der Waals surface area contributed by atoms with Gasteiger partial charge in [-0.25, -0.2) is 14.2 Å². The van der Waals surface area contributed by atoms with Gasteiger partial charge in [-0.15, -0.1) is 0 Å². The molecule has 0 saturated carbocycles. The first-order valence-electron chi connectivity index (χ1n) is 8.15. The van der Waals surface area contributed by atoms with Crippen LogP contribution in [0.25, 0.3) is 11.3 Å². The van der Waals surface area contributed by atoms with Gasteiger partial charge in [0.15, 0.2) is 5.69 Å². The number of benzene rings is 1. The van der Waals surface area contributed by atoms with Gasteiger partial charge < -0.3 is 9.64 Å². The van der Waals surface area contributed by atoms with Crippen molar-refractivity contribution in [2.24, 2.45) is 0 Å². The summed E-state index contributed by atoms with van der Waals surface area (Å²) in [5.41, 5.74) is 0.851. The van der Waals surface area contributed by atoms with E-state index in [4.69, 9.17) is 11.6 Å². The van der Waals surface area contributed by atoms with Crippen molar-refractivity contribution in [3.8, 4) is 11.3 Å². The molecule has 0 N–H and O–H groups in total. The standard InChI is InChI=1S/C19H20ClFN2O3/c1-5-23(11(2)3)18(24)15-10-13(21)6-7-14(15)16-8-12(20)9-17(22-16)19(25)26-4/h6-11H,5H2,1-4H3. The summed E-state index contributed by atoms with van der Waals surface area (Å²) in [4.78, 5) is 30.6. The number of halogens is 2. The van der Waals surface area contributed by atoms with E-state index in [2.05, 4.69) is 9.72 Å². The third-order valence-electron chi connectivity index (χ3n) is 3.90. The van der Waals surface area contributed by atoms with Crippen molar-refractivity contribution < 1.29 is 18.7 Å². The Hall–Kier alpha value is -2.47. The minimum atomic E-state index is -0.652. The smallest absolute Gasteiger partial charge is 0.356 e. The van der Waals surface area contributed by atoms with Gasteiger partial charge >= 0.3 is 5.97 Å². The molecule has 0 fully saturated rings. The summed E-state index contributed by atoms with van der Waals surface area (Å²) < 4.78 is 18.5. The first kappa shape index (κ1) is 19.8. The van der Waals surface area contributed by atoms with Crippen LogP contribution in [0.1, 0.15) is 41.6 Å². The molecule has 0 saturated heterocycles. The predicted molar refractivity (Wildman–Crippen MR) is 97.8 cm³/mol. The van der Waals surface area contributed by atoms with Gasteiger partial charge in [0, 0.05) is 23.2 Å². The van der Waals surface area contributed by atoms with Crippen LogP contribution < -0.4 is 0 Å². The van der Waals surface area contributed by atoms with E-state index in [9.17, 15) is 14.0 Å². The van der Waals surface area contributed by atoms with Crippen LogP contribution in [-0.4, -0.2) is 41.5 Å². The van der Waals surface area contributed by atoms with Crippen LogP contribution >= 0.6 is 11.6 Å². The Balaban J connectivity index is 2.63. The normalized spacial score (nSPS) is 10.7. The van der Waals surface area contributed by atoms with Gasteiger partial charge in [0.2, 0.25) is 0 Å². The van der Waals surface area contributed by atoms with Gasteiger partial charge in [-0.1, -0.05) is 11.6 Å². The maximum Gasteiger partial charge on any atom is 0.356 e. The highest BCUT2D eigenvalue weighted by atomic mass is 35.5. The molecular weight excluding hydrogens is 359 g/mol. The number of pyridine rings is 1. The summed E-state index contributed by atoms with van der Waals surface area (Å²) in [7, 11) is 1.24. The summed E-state index contributed by atoms with van der Waals surface area (Å²) in [5.74, 6) is -1.51. The Morgan fingerprint density at radius 3 is 2.54 bits per heavy atom. The van der Waals surface area contributed by atoms with Crippen LogP contribution in [0, 0.1) is 5.82 Å². The van der Waals surface area contributed by atoms with Crippen LogP contribution in [0.15, 0.2) is 30.3 Å². The highest BCUT2D eigenvalue weighted by Crippen LogP contribution is 2.27. The number of carbonyl (C=O) groups excluding carboxylic acids is 2. The lowest BCUT2D eigenvalue weighted by molar-refractivity contribution is 0.0593. The lowest BCUT2D eigenvalue weighted by Crippen LogP contribution is -2.37. The number of hydrogen-bond donors (Lipinski definition) is 0. The summed E-state index contributed by atoms with van der Waals surface area (Å²) in [6.07, 6.45) is 0. The quantitative estimate of drug-likeness (QED) is 0.732. The fourth-order valence-corrected chi connectivity index (χ4v) is 2.87. The van der Waals surface area contributed by atoms with Gasteiger partial charge in [0.1, 0.15) is 5.82 Å². The number of nitrogens with zero attached hydrogens (tertiary/aromatic N) is 2. The molecular formula is C19H20ClFN2O3. The molecule has 26 heavy (non-hydrogen) atoms. The van der Waals surface area contributed by atoms with E-state index in [1.165, 1.54) is 37.4 Å². The molecule has 1 amide bonds. The summed E-state index contributed by atoms with van der Waals surface area (Å²) >= 11 is 6.09. The Bertz CT molecular complexity index is 840. The molecule has 0 atom stereocenters. The molecule has 1 heterocycles. The Morgan fingerprint density at radius 2 is 1.96 bits per heavy atom. The molecule has 0 aliphatic rings. The van der Waals surface area contributed by atoms with Crippen molar-refractivity contribution in [2.45, 2.75) is 26.8 Å². The third kappa shape index (κ3) is 4.19. The molecule has 1 aromatic carbocycles. The molecule has 7 heteroatoms. The number of esters is 1. The van der Waals surface area contributed by atoms with Crippen LogP contribution in [0.4, 0.5) is 4.39 Å². The zero-order valence-corrected chi connectivity index (χ0v) is 15.8. The monoisotopic (exact) mass is 378 g/mol. The molecule has 0 spiro atoms. The van der Waals surface area contributed by atoms with Gasteiger partial charge in [0.05, 0.1) is 18.4 Å². The summed E-state index contributed by atoms with van der Waals surface area (Å²) in [5, 5.41) is 0.259. The highest BCUT2D eigenvalue weighted by molar-refractivity contribution is 6.31. The SMILES string of the molecule is CCN(C(=O)c1cc(F)ccc1-c1cc(Cl)cc(C(=O)OC)n1)C(C)C. The second-order valence-electron chi connectivity index (χ2n) is 5.92. The van der Waals surface area contributed by atoms with Crippen molar-refractivity contribution >= 4 is 23.5 Å². The molecule has 0 unspecified atom stereocenters. The lowest BCUT2D eigenvalue weighted by Gasteiger charge is -2.26. The minimum Gasteiger partial charge on any atom is -0.464 e. The first-order chi connectivity index (χ1) is 12.3. The van der Waals surface area contributed by atoms with Gasteiger partial charge in [-0.3, -0.25) is 4.79 Å². The van der Waals surface area contributed by atoms with Crippen LogP contribution in [-0.2, 0) is 4.74 Å². The maximum atomic E-state index is 13.8. The molecule has 0 bridgehead atoms. The third-order valence-corrected chi connectivity index (χ3v) is 4.12. The van der Waals surface area contributed by atoms with E-state index < -0.39 is 11.8 Å². The molecule has 2 rings (SSSR count). The van der Waals surface area contributed by atoms with Crippen LogP contribution in [0.2, 0.25) is 5.02 Å². The number of methoxy groups -OCH3 is 1. The average Bonchev–Trinajstić information content (AvgIpc) is 2.60. The number of carbonyl (C=O) groups is 2. The Labute approximate surface area is 156 Å². The molecule has 0 aliphatic heterocycles. The molecule has 5 nitrogen and oxygen atoms in total. The number of rotatable bonds is 5. The topological polar surface area (TPSA) is 59.5 Å². The summed E-state index contributed by atoms with van der Waals surface area (Å²) in [6, 6.07) is 6.69. The Kier molecular flexibility index (Phi) is 6.32. The fourth-order valence-electron chi connectivity index (χ4n) is 2.66. The van der Waals surface area contributed by atoms with Crippen LogP contribution in [0.3, 0.4) is 0 Å². The molecule has 0 radical (unpaired) electrons. The highest BCUT2D eigenvalue weighted by Gasteiger charge is 2.23. The number of hydrogen-bond acceptors (Lipinski definition) is 4. The van der Waals surface area contributed by atoms with E-state index in [0.717, 1.165) is 0 Å². The number of amides is 1. The fraction of sp³-hybridized carbons (Fsp3) is 0.316. The van der Waals surface area contributed by atoms with Gasteiger partial charge in [0.25, 0.3) is 5.91 Å². The van der Waals surface area contributed by atoms with Crippen molar-refractivity contribution in [3.05, 3.63) is 52.4 Å². The number of aromatic nitrogens is 1. The zero-order valence-electron chi connectivity index (χ0n) is 15.0. The molecule has 0 aliphatic carbocycles. The van der Waals surface area contributed by atoms with Gasteiger partial charge in [-0.05, 0) is 51.1 Å². The molecule has 138 valence electrons. The van der Waals surface area contributed by atoms with E-state index in [-0.39, 0.29) is 28.2 Å². The first-order valence-corrected chi connectivity index (χ1v) is 8.53. The van der Waals surface area contributed by atoms with E-state index in [1.807, 2.05) is 20.8 Å². The second kappa shape index (κ2) is 8.27. The minimum absolute atomic E-state index is 0.00827. The van der Waals surface area contributed by atoms with Gasteiger partial charge in [-0.2, -0.15) is 0 Å². The predicted octanol–water partition coefficient (Wildman–Crippen LogP) is 4.20. The average molecular weight is 379 g/mol. The molecule has 1 aromatic heterocycles. The second-order valence-corrected chi connectivity index (χ2v) is 6.36. The van der Waals surface area contributed by atoms with E-state index >= 15 is 0 Å². The van der Waals surface area contributed by atoms with Crippen molar-refractivity contribution in [3.63, 3.8) is 0 Å². The van der Waals surface area contributed by atoms with Crippen molar-refractivity contribution in [1.29, 1.82) is 0 Å². The lowest BCUT2D eigenvalue weighted by atomic mass is 10.0. The van der Waals surface area contributed by atoms with Crippen molar-refractivity contribution in [1.82, 2.24) is 9.88 Å². The van der Waals surface area contributed by atoms with Crippen LogP contribution in [0.5, 0.6) is 0 Å². The largest absolute Gasteiger partial charge is 0.464 e. The van der Waals surface area contributed by atoms with Crippen molar-refractivity contribution in [2.75, 3.05) is 13.7 Å². The Morgan fingerprint density at radius 1 is 1.27 bits per heavy atom. The number of ether oxygens (including phenoxy) is 1.